The number of nitrogens with zero attached hydrogens (tertiary/aromatic N) is 1. The molecular weight excluding hydrogens is 312 g/mol. The topological polar surface area (TPSA) is 12.4 Å². The van der Waals surface area contributed by atoms with Crippen LogP contribution < -0.4 is 0 Å². The van der Waals surface area contributed by atoms with E-state index in [1.807, 2.05) is 30.3 Å². The van der Waals surface area contributed by atoms with Gasteiger partial charge in [-0.3, -0.25) is 0 Å². The average Bonchev–Trinajstić information content (AvgIpc) is 2.34. The standard InChI is InChI=1S/C13H7Cl4N/c14-9-6-10(15)12(11(16)7-9)18-13(17)8-4-2-1-3-5-8/h1-7H. The molecule has 92 valence electrons. The molecule has 0 aliphatic rings. The van der Waals surface area contributed by atoms with Gasteiger partial charge in [0.2, 0.25) is 0 Å². The SMILES string of the molecule is ClC(=Nc1c(Cl)cc(Cl)cc1Cl)c1ccccc1. The second kappa shape index (κ2) is 5.94. The maximum absolute atomic E-state index is 6.12. The predicted octanol–water partition coefficient (Wildman–Crippen LogP) is 5.96. The summed E-state index contributed by atoms with van der Waals surface area (Å²) in [5, 5.41) is 1.50. The number of aliphatic imine (C=N–C) groups is 1. The normalized spacial score (nSPS) is 11.7. The Balaban J connectivity index is 2.45. The molecule has 0 bridgehead atoms. The van der Waals surface area contributed by atoms with Crippen LogP contribution in [0.5, 0.6) is 0 Å². The van der Waals surface area contributed by atoms with Crippen LogP contribution >= 0.6 is 46.4 Å². The number of benzene rings is 2. The van der Waals surface area contributed by atoms with Crippen LogP contribution in [0.3, 0.4) is 0 Å². The van der Waals surface area contributed by atoms with Crippen LogP contribution in [0.25, 0.3) is 0 Å². The van der Waals surface area contributed by atoms with Gasteiger partial charge in [0.25, 0.3) is 0 Å². The van der Waals surface area contributed by atoms with Gasteiger partial charge in [-0.1, -0.05) is 76.7 Å². The van der Waals surface area contributed by atoms with E-state index in [0.717, 1.165) is 5.56 Å². The zero-order chi connectivity index (χ0) is 13.1. The smallest absolute Gasteiger partial charge is 0.137 e. The summed E-state index contributed by atoms with van der Waals surface area (Å²) >= 11 is 24.0. The Kier molecular flexibility index (Phi) is 4.52. The molecule has 0 fully saturated rings. The maximum atomic E-state index is 6.12. The Morgan fingerprint density at radius 3 is 2.00 bits per heavy atom. The molecule has 0 saturated heterocycles. The minimum absolute atomic E-state index is 0.321. The maximum Gasteiger partial charge on any atom is 0.137 e. The first-order chi connectivity index (χ1) is 8.58. The Labute approximate surface area is 125 Å². The molecule has 2 aromatic carbocycles. The molecule has 0 amide bonds. The van der Waals surface area contributed by atoms with Gasteiger partial charge in [-0.25, -0.2) is 4.99 Å². The van der Waals surface area contributed by atoms with Crippen molar-refractivity contribution in [3.05, 3.63) is 63.1 Å². The lowest BCUT2D eigenvalue weighted by atomic mass is 10.2. The van der Waals surface area contributed by atoms with Crippen LogP contribution in [0.2, 0.25) is 15.1 Å². The van der Waals surface area contributed by atoms with E-state index in [-0.39, 0.29) is 0 Å². The van der Waals surface area contributed by atoms with Gasteiger partial charge in [-0.15, -0.1) is 0 Å². The van der Waals surface area contributed by atoms with Gasteiger partial charge in [-0.05, 0) is 12.1 Å². The highest BCUT2D eigenvalue weighted by molar-refractivity contribution is 6.70. The lowest BCUT2D eigenvalue weighted by Crippen LogP contribution is -1.89. The van der Waals surface area contributed by atoms with Crippen molar-refractivity contribution in [2.45, 2.75) is 0 Å². The first kappa shape index (κ1) is 13.7. The molecule has 0 radical (unpaired) electrons. The van der Waals surface area contributed by atoms with Crippen LogP contribution in [0.4, 0.5) is 5.69 Å². The van der Waals surface area contributed by atoms with Gasteiger partial charge in [0.15, 0.2) is 0 Å². The Morgan fingerprint density at radius 1 is 0.889 bits per heavy atom. The highest BCUT2D eigenvalue weighted by atomic mass is 35.5. The van der Waals surface area contributed by atoms with Crippen molar-refractivity contribution in [1.29, 1.82) is 0 Å². The molecule has 5 heteroatoms. The Bertz CT molecular complexity index is 570. The van der Waals surface area contributed by atoms with Crippen LogP contribution in [0.1, 0.15) is 5.56 Å². The molecule has 0 heterocycles. The molecule has 0 aliphatic heterocycles. The van der Waals surface area contributed by atoms with Gasteiger partial charge >= 0.3 is 0 Å². The molecule has 1 nitrogen and oxygen atoms in total. The minimum Gasteiger partial charge on any atom is -0.233 e. The van der Waals surface area contributed by atoms with Crippen molar-refractivity contribution in [3.8, 4) is 0 Å². The molecule has 2 aromatic rings. The van der Waals surface area contributed by atoms with Crippen LogP contribution in [-0.4, -0.2) is 5.17 Å². The van der Waals surface area contributed by atoms with E-state index in [1.54, 1.807) is 12.1 Å². The van der Waals surface area contributed by atoms with E-state index in [2.05, 4.69) is 4.99 Å². The third-order valence-electron chi connectivity index (χ3n) is 2.20. The zero-order valence-electron chi connectivity index (χ0n) is 9.00. The van der Waals surface area contributed by atoms with Crippen molar-refractivity contribution >= 4 is 57.3 Å². The van der Waals surface area contributed by atoms with Gasteiger partial charge < -0.3 is 0 Å². The predicted molar refractivity (Wildman–Crippen MR) is 80.0 cm³/mol. The molecule has 2 rings (SSSR count). The number of hydrogen-bond donors (Lipinski definition) is 0. The summed E-state index contributed by atoms with van der Waals surface area (Å²) in [5.41, 5.74) is 1.21. The van der Waals surface area contributed by atoms with Gasteiger partial charge in [-0.2, -0.15) is 0 Å². The average molecular weight is 319 g/mol. The fourth-order valence-corrected chi connectivity index (χ4v) is 2.49. The fourth-order valence-electron chi connectivity index (χ4n) is 1.38. The summed E-state index contributed by atoms with van der Waals surface area (Å²) in [6, 6.07) is 12.5. The van der Waals surface area contributed by atoms with E-state index >= 15 is 0 Å². The molecule has 18 heavy (non-hydrogen) atoms. The van der Waals surface area contributed by atoms with Gasteiger partial charge in [0, 0.05) is 10.6 Å². The third-order valence-corrected chi connectivity index (χ3v) is 3.30. The van der Waals surface area contributed by atoms with E-state index in [0.29, 0.717) is 25.9 Å². The highest BCUT2D eigenvalue weighted by Gasteiger charge is 2.08. The quantitative estimate of drug-likeness (QED) is 0.605. The first-order valence-corrected chi connectivity index (χ1v) is 6.53. The monoisotopic (exact) mass is 317 g/mol. The lowest BCUT2D eigenvalue weighted by Gasteiger charge is -2.04. The summed E-state index contributed by atoms with van der Waals surface area (Å²) < 4.78 is 0. The fraction of sp³-hybridized carbons (Fsp3) is 0. The van der Waals surface area contributed by atoms with E-state index in [9.17, 15) is 0 Å². The molecule has 0 aliphatic carbocycles. The van der Waals surface area contributed by atoms with Gasteiger partial charge in [0.05, 0.1) is 10.0 Å². The van der Waals surface area contributed by atoms with E-state index < -0.39 is 0 Å². The zero-order valence-corrected chi connectivity index (χ0v) is 12.0. The second-order valence-electron chi connectivity index (χ2n) is 3.49. The summed E-state index contributed by atoms with van der Waals surface area (Å²) in [5.74, 6) is 0. The summed E-state index contributed by atoms with van der Waals surface area (Å²) in [4.78, 5) is 4.23. The largest absolute Gasteiger partial charge is 0.233 e. The van der Waals surface area contributed by atoms with Crippen molar-refractivity contribution in [3.63, 3.8) is 0 Å². The number of halogens is 4. The molecule has 0 aromatic heterocycles. The van der Waals surface area contributed by atoms with Crippen molar-refractivity contribution in [1.82, 2.24) is 0 Å². The molecule has 0 unspecified atom stereocenters. The van der Waals surface area contributed by atoms with Crippen molar-refractivity contribution in [2.75, 3.05) is 0 Å². The second-order valence-corrected chi connectivity index (χ2v) is 5.10. The van der Waals surface area contributed by atoms with Crippen molar-refractivity contribution in [2.24, 2.45) is 4.99 Å². The van der Waals surface area contributed by atoms with Crippen molar-refractivity contribution < 1.29 is 0 Å². The van der Waals surface area contributed by atoms with Crippen LogP contribution in [-0.2, 0) is 0 Å². The van der Waals surface area contributed by atoms with Gasteiger partial charge in [0.1, 0.15) is 10.9 Å². The molecule has 0 saturated carbocycles. The first-order valence-electron chi connectivity index (χ1n) is 5.02. The molecule has 0 N–H and O–H groups in total. The summed E-state index contributed by atoms with van der Waals surface area (Å²) in [6.07, 6.45) is 0. The number of hydrogen-bond acceptors (Lipinski definition) is 1. The highest BCUT2D eigenvalue weighted by Crippen LogP contribution is 2.36. The summed E-state index contributed by atoms with van der Waals surface area (Å²) in [6.45, 7) is 0. The lowest BCUT2D eigenvalue weighted by molar-refractivity contribution is 1.51. The third kappa shape index (κ3) is 3.18. The Hall–Kier alpha value is -0.730. The van der Waals surface area contributed by atoms with Crippen LogP contribution in [0, 0.1) is 0 Å². The minimum atomic E-state index is 0.321. The molecule has 0 atom stereocenters. The number of rotatable bonds is 2. The molecule has 0 spiro atoms. The van der Waals surface area contributed by atoms with E-state index in [4.69, 9.17) is 46.4 Å². The van der Waals surface area contributed by atoms with E-state index in [1.165, 1.54) is 0 Å². The summed E-state index contributed by atoms with van der Waals surface area (Å²) in [7, 11) is 0. The van der Waals surface area contributed by atoms with Crippen LogP contribution in [0.15, 0.2) is 47.5 Å². The Morgan fingerprint density at radius 2 is 1.44 bits per heavy atom. The molecular formula is C13H7Cl4N.